The van der Waals surface area contributed by atoms with Gasteiger partial charge in [-0.2, -0.15) is 13.2 Å². The third-order valence-electron chi connectivity index (χ3n) is 2.62. The number of carbonyl (C=O) groups is 1. The van der Waals surface area contributed by atoms with Crippen molar-refractivity contribution < 1.29 is 26.4 Å². The van der Waals surface area contributed by atoms with Gasteiger partial charge in [-0.05, 0) is 25.0 Å². The first-order valence-electron chi connectivity index (χ1n) is 6.07. The topological polar surface area (TPSA) is 51.2 Å². The lowest BCUT2D eigenvalue weighted by Crippen LogP contribution is -2.16. The molecule has 0 fully saturated rings. The van der Waals surface area contributed by atoms with E-state index in [1.165, 1.54) is 12.1 Å². The number of sulfone groups is 1. The molecule has 1 rings (SSSR count). The lowest BCUT2D eigenvalue weighted by molar-refractivity contribution is -0.136. The summed E-state index contributed by atoms with van der Waals surface area (Å²) in [5.74, 6) is -1.22. The Morgan fingerprint density at radius 2 is 1.65 bits per heavy atom. The lowest BCUT2D eigenvalue weighted by Gasteiger charge is -2.06. The zero-order valence-corrected chi connectivity index (χ0v) is 11.5. The highest BCUT2D eigenvalue weighted by molar-refractivity contribution is 7.92. The number of hydrogen-bond acceptors (Lipinski definition) is 3. The predicted molar refractivity (Wildman–Crippen MR) is 68.0 cm³/mol. The highest BCUT2D eigenvalue weighted by atomic mass is 32.2. The number of rotatable bonds is 7. The van der Waals surface area contributed by atoms with Crippen molar-refractivity contribution in [2.45, 2.75) is 36.8 Å². The first-order valence-corrected chi connectivity index (χ1v) is 7.72. The van der Waals surface area contributed by atoms with E-state index in [1.54, 1.807) is 18.2 Å². The summed E-state index contributed by atoms with van der Waals surface area (Å²) in [6.45, 7) is 0. The standard InChI is InChI=1S/C13H15F3O3S/c14-13(15,16)9-5-4-6-11(17)10-20(18,19)12-7-2-1-3-8-12/h1-3,7-8H,4-6,9-10H2. The first kappa shape index (κ1) is 16.7. The molecule has 0 bridgehead atoms. The van der Waals surface area contributed by atoms with E-state index in [0.717, 1.165) is 0 Å². The van der Waals surface area contributed by atoms with Crippen LogP contribution in [0.1, 0.15) is 25.7 Å². The summed E-state index contributed by atoms with van der Waals surface area (Å²) in [5, 5.41) is 0. The van der Waals surface area contributed by atoms with E-state index in [1.807, 2.05) is 0 Å². The van der Waals surface area contributed by atoms with Gasteiger partial charge < -0.3 is 0 Å². The molecule has 0 radical (unpaired) electrons. The summed E-state index contributed by atoms with van der Waals surface area (Å²) in [4.78, 5) is 11.5. The van der Waals surface area contributed by atoms with Crippen LogP contribution in [-0.4, -0.2) is 26.1 Å². The highest BCUT2D eigenvalue weighted by Crippen LogP contribution is 2.22. The van der Waals surface area contributed by atoms with Crippen LogP contribution in [0.25, 0.3) is 0 Å². The summed E-state index contributed by atoms with van der Waals surface area (Å²) in [6, 6.07) is 7.50. The van der Waals surface area contributed by atoms with Gasteiger partial charge in [-0.3, -0.25) is 4.79 Å². The molecule has 0 atom stereocenters. The number of halogens is 3. The maximum Gasteiger partial charge on any atom is 0.389 e. The normalized spacial score (nSPS) is 12.3. The molecule has 0 aliphatic carbocycles. The molecule has 0 N–H and O–H groups in total. The van der Waals surface area contributed by atoms with Crippen LogP contribution in [0.2, 0.25) is 0 Å². The summed E-state index contributed by atoms with van der Waals surface area (Å²) in [7, 11) is -3.70. The molecule has 1 aromatic carbocycles. The maximum atomic E-state index is 11.9. The molecule has 3 nitrogen and oxygen atoms in total. The number of ketones is 1. The van der Waals surface area contributed by atoms with Crippen LogP contribution >= 0.6 is 0 Å². The second kappa shape index (κ2) is 6.88. The quantitative estimate of drug-likeness (QED) is 0.727. The second-order valence-electron chi connectivity index (χ2n) is 4.43. The van der Waals surface area contributed by atoms with Gasteiger partial charge in [0.15, 0.2) is 9.84 Å². The van der Waals surface area contributed by atoms with Crippen LogP contribution in [0, 0.1) is 0 Å². The van der Waals surface area contributed by atoms with Crippen molar-refractivity contribution in [2.24, 2.45) is 0 Å². The average Bonchev–Trinajstić information content (AvgIpc) is 2.34. The molecule has 20 heavy (non-hydrogen) atoms. The van der Waals surface area contributed by atoms with Crippen LogP contribution in [0.5, 0.6) is 0 Å². The Hall–Kier alpha value is -1.37. The summed E-state index contributed by atoms with van der Waals surface area (Å²) >= 11 is 0. The van der Waals surface area contributed by atoms with Gasteiger partial charge >= 0.3 is 6.18 Å². The van der Waals surface area contributed by atoms with E-state index in [4.69, 9.17) is 0 Å². The Morgan fingerprint density at radius 3 is 2.20 bits per heavy atom. The zero-order chi connectivity index (χ0) is 15.2. The Labute approximate surface area is 115 Å². The van der Waals surface area contributed by atoms with Crippen molar-refractivity contribution in [3.05, 3.63) is 30.3 Å². The molecular formula is C13H15F3O3S. The molecule has 0 saturated heterocycles. The van der Waals surface area contributed by atoms with Crippen molar-refractivity contribution in [3.8, 4) is 0 Å². The van der Waals surface area contributed by atoms with Crippen LogP contribution < -0.4 is 0 Å². The minimum atomic E-state index is -4.24. The molecule has 1 aromatic rings. The molecule has 0 aromatic heterocycles. The monoisotopic (exact) mass is 308 g/mol. The van der Waals surface area contributed by atoms with E-state index < -0.39 is 34.0 Å². The molecular weight excluding hydrogens is 293 g/mol. The molecule has 0 heterocycles. The fraction of sp³-hybridized carbons (Fsp3) is 0.462. The number of carbonyl (C=O) groups excluding carboxylic acids is 1. The van der Waals surface area contributed by atoms with Crippen LogP contribution in [0.15, 0.2) is 35.2 Å². The van der Waals surface area contributed by atoms with Gasteiger partial charge in [0.25, 0.3) is 0 Å². The first-order chi connectivity index (χ1) is 9.21. The minimum Gasteiger partial charge on any atom is -0.299 e. The molecule has 0 saturated carbocycles. The smallest absolute Gasteiger partial charge is 0.299 e. The van der Waals surface area contributed by atoms with E-state index in [-0.39, 0.29) is 24.2 Å². The van der Waals surface area contributed by atoms with Crippen molar-refractivity contribution in [1.82, 2.24) is 0 Å². The predicted octanol–water partition coefficient (Wildman–Crippen LogP) is 3.15. The molecule has 0 aliphatic rings. The third-order valence-corrected chi connectivity index (χ3v) is 4.31. The fourth-order valence-corrected chi connectivity index (χ4v) is 2.95. The lowest BCUT2D eigenvalue weighted by atomic mass is 10.1. The Balaban J connectivity index is 2.43. The van der Waals surface area contributed by atoms with Gasteiger partial charge in [0.1, 0.15) is 11.5 Å². The van der Waals surface area contributed by atoms with Gasteiger partial charge in [0, 0.05) is 12.8 Å². The maximum absolute atomic E-state index is 11.9. The van der Waals surface area contributed by atoms with E-state index in [0.29, 0.717) is 0 Å². The average molecular weight is 308 g/mol. The molecule has 0 amide bonds. The van der Waals surface area contributed by atoms with Crippen LogP contribution in [-0.2, 0) is 14.6 Å². The summed E-state index contributed by atoms with van der Waals surface area (Å²) in [5.41, 5.74) is 0. The largest absolute Gasteiger partial charge is 0.389 e. The van der Waals surface area contributed by atoms with E-state index in [9.17, 15) is 26.4 Å². The van der Waals surface area contributed by atoms with E-state index in [2.05, 4.69) is 0 Å². The zero-order valence-electron chi connectivity index (χ0n) is 10.7. The molecule has 0 spiro atoms. The highest BCUT2D eigenvalue weighted by Gasteiger charge is 2.26. The molecule has 112 valence electrons. The van der Waals surface area contributed by atoms with Crippen molar-refractivity contribution >= 4 is 15.6 Å². The number of unbranched alkanes of at least 4 members (excludes halogenated alkanes) is 1. The number of benzene rings is 1. The Kier molecular flexibility index (Phi) is 5.74. The Bertz CT molecular complexity index is 536. The summed E-state index contributed by atoms with van der Waals surface area (Å²) < 4.78 is 59.3. The SMILES string of the molecule is O=C(CCCCC(F)(F)F)CS(=O)(=O)c1ccccc1. The van der Waals surface area contributed by atoms with Gasteiger partial charge in [-0.15, -0.1) is 0 Å². The van der Waals surface area contributed by atoms with Crippen molar-refractivity contribution in [3.63, 3.8) is 0 Å². The number of alkyl halides is 3. The van der Waals surface area contributed by atoms with Crippen LogP contribution in [0.4, 0.5) is 13.2 Å². The Morgan fingerprint density at radius 1 is 1.05 bits per heavy atom. The summed E-state index contributed by atoms with van der Waals surface area (Å²) in [6.07, 6.45) is -5.46. The number of Topliss-reactive ketones (excluding diaryl/α,β-unsaturated/α-hetero) is 1. The van der Waals surface area contributed by atoms with Gasteiger partial charge in [0.2, 0.25) is 0 Å². The van der Waals surface area contributed by atoms with Gasteiger partial charge in [0.05, 0.1) is 4.90 Å². The second-order valence-corrected chi connectivity index (χ2v) is 6.42. The molecule has 7 heteroatoms. The van der Waals surface area contributed by atoms with Gasteiger partial charge in [-0.1, -0.05) is 18.2 Å². The van der Waals surface area contributed by atoms with E-state index >= 15 is 0 Å². The molecule has 0 aliphatic heterocycles. The van der Waals surface area contributed by atoms with Gasteiger partial charge in [-0.25, -0.2) is 8.42 Å². The molecule has 0 unspecified atom stereocenters. The number of hydrogen-bond donors (Lipinski definition) is 0. The fourth-order valence-electron chi connectivity index (χ4n) is 1.64. The third kappa shape index (κ3) is 6.18. The van der Waals surface area contributed by atoms with Crippen molar-refractivity contribution in [2.75, 3.05) is 5.75 Å². The minimum absolute atomic E-state index is 0.0443. The van der Waals surface area contributed by atoms with Crippen molar-refractivity contribution in [1.29, 1.82) is 0 Å². The van der Waals surface area contributed by atoms with Crippen LogP contribution in [0.3, 0.4) is 0 Å².